The van der Waals surface area contributed by atoms with Crippen LogP contribution >= 0.6 is 0 Å². The van der Waals surface area contributed by atoms with E-state index in [1.165, 1.54) is 19.2 Å². The van der Waals surface area contributed by atoms with Gasteiger partial charge in [-0.25, -0.2) is 9.37 Å². The number of pyridine rings is 1. The van der Waals surface area contributed by atoms with Gasteiger partial charge in [-0.15, -0.1) is 0 Å². The van der Waals surface area contributed by atoms with Crippen LogP contribution in [0.4, 0.5) is 17.6 Å². The summed E-state index contributed by atoms with van der Waals surface area (Å²) >= 11 is 0. The number of methoxy groups -OCH3 is 1. The Morgan fingerprint density at radius 1 is 1.11 bits per heavy atom. The minimum atomic E-state index is -4.42. The van der Waals surface area contributed by atoms with E-state index in [4.69, 9.17) is 4.74 Å². The van der Waals surface area contributed by atoms with Crippen LogP contribution in [0.5, 0.6) is 0 Å². The predicted molar refractivity (Wildman–Crippen MR) is 130 cm³/mol. The van der Waals surface area contributed by atoms with Crippen LogP contribution in [0.3, 0.4) is 0 Å². The summed E-state index contributed by atoms with van der Waals surface area (Å²) in [5.41, 5.74) is 1.43. The summed E-state index contributed by atoms with van der Waals surface area (Å²) in [5, 5.41) is 3.53. The summed E-state index contributed by atoms with van der Waals surface area (Å²) in [7, 11) is 1.38. The Bertz CT molecular complexity index is 1250. The maximum atomic E-state index is 13.3. The molecule has 2 aromatic heterocycles. The van der Waals surface area contributed by atoms with Crippen molar-refractivity contribution >= 4 is 22.9 Å². The molecule has 0 saturated heterocycles. The van der Waals surface area contributed by atoms with Crippen molar-refractivity contribution in [3.8, 4) is 0 Å². The second kappa shape index (κ2) is 11.3. The molecule has 0 unspecified atom stereocenters. The Kier molecular flexibility index (Phi) is 8.14. The molecule has 1 aliphatic rings. The molecule has 0 aliphatic heterocycles. The van der Waals surface area contributed by atoms with Gasteiger partial charge < -0.3 is 14.6 Å². The summed E-state index contributed by atoms with van der Waals surface area (Å²) in [5.74, 6) is -0.390. The number of halogens is 4. The molecule has 0 radical (unpaired) electrons. The zero-order valence-electron chi connectivity index (χ0n) is 20.5. The number of nitrogens with one attached hydrogen (secondary N) is 1. The Morgan fingerprint density at radius 3 is 2.43 bits per heavy atom. The number of nitrogens with zero attached hydrogens (tertiary/aromatic N) is 2. The van der Waals surface area contributed by atoms with E-state index in [0.29, 0.717) is 47.1 Å². The van der Waals surface area contributed by atoms with Crippen molar-refractivity contribution in [3.63, 3.8) is 0 Å². The van der Waals surface area contributed by atoms with E-state index < -0.39 is 18.4 Å². The third-order valence-electron chi connectivity index (χ3n) is 7.02. The number of fused-ring (bicyclic) bond motifs is 1. The first-order valence-corrected chi connectivity index (χ1v) is 12.3. The topological polar surface area (TPSA) is 73.2 Å². The monoisotopic (exact) mass is 519 g/mol. The van der Waals surface area contributed by atoms with Gasteiger partial charge in [0.2, 0.25) is 0 Å². The number of alkyl halides is 4. The average molecular weight is 520 g/mol. The highest BCUT2D eigenvalue weighted by Crippen LogP contribution is 2.31. The molecule has 1 fully saturated rings. The van der Waals surface area contributed by atoms with Crippen LogP contribution < -0.4 is 5.32 Å². The van der Waals surface area contributed by atoms with Crippen LogP contribution in [0, 0.1) is 11.8 Å². The molecule has 0 atom stereocenters. The molecule has 1 N–H and O–H groups in total. The zero-order valence-corrected chi connectivity index (χ0v) is 20.5. The van der Waals surface area contributed by atoms with Gasteiger partial charge in [0.25, 0.3) is 5.91 Å². The molecule has 0 spiro atoms. The standard InChI is InChI=1S/C27H29F4N3O3/c1-37-26(36)19-6-2-18(3-7-19)15-33-25(35)22-16-34(13-11-28)24-23(22)20(10-12-32-24)14-17-4-8-21(9-5-17)27(29,30)31/h4-5,8-10,12,16,18-19H,2-3,6-7,11,13-15H2,1H3,(H,33,35)/t18-,19-. The Labute approximate surface area is 212 Å². The highest BCUT2D eigenvalue weighted by Gasteiger charge is 2.30. The third-order valence-corrected chi connectivity index (χ3v) is 7.02. The van der Waals surface area contributed by atoms with Crippen LogP contribution in [0.15, 0.2) is 42.7 Å². The Balaban J connectivity index is 1.54. The van der Waals surface area contributed by atoms with E-state index in [1.54, 1.807) is 23.0 Å². The van der Waals surface area contributed by atoms with Gasteiger partial charge in [0.1, 0.15) is 12.3 Å². The number of esters is 1. The molecule has 0 bridgehead atoms. The second-order valence-corrected chi connectivity index (χ2v) is 9.42. The van der Waals surface area contributed by atoms with E-state index in [0.717, 1.165) is 25.0 Å². The van der Waals surface area contributed by atoms with E-state index in [9.17, 15) is 27.2 Å². The maximum Gasteiger partial charge on any atom is 0.416 e. The first-order valence-electron chi connectivity index (χ1n) is 12.3. The number of aryl methyl sites for hydroxylation is 1. The number of carbonyl (C=O) groups excluding carboxylic acids is 2. The first kappa shape index (κ1) is 26.6. The van der Waals surface area contributed by atoms with Crippen molar-refractivity contribution in [2.75, 3.05) is 20.3 Å². The molecule has 10 heteroatoms. The number of rotatable bonds is 8. The maximum absolute atomic E-state index is 13.3. The number of amides is 1. The van der Waals surface area contributed by atoms with Crippen molar-refractivity contribution in [2.24, 2.45) is 11.8 Å². The summed E-state index contributed by atoms with van der Waals surface area (Å²) in [6.45, 7) is -0.172. The quantitative estimate of drug-likeness (QED) is 0.323. The molecule has 3 aromatic rings. The molecule has 37 heavy (non-hydrogen) atoms. The number of ether oxygens (including phenoxy) is 1. The number of hydrogen-bond acceptors (Lipinski definition) is 4. The lowest BCUT2D eigenvalue weighted by molar-refractivity contribution is -0.146. The van der Waals surface area contributed by atoms with Gasteiger partial charge in [-0.05, 0) is 67.3 Å². The van der Waals surface area contributed by atoms with Gasteiger partial charge in [-0.3, -0.25) is 9.59 Å². The third kappa shape index (κ3) is 6.11. The van der Waals surface area contributed by atoms with Gasteiger partial charge in [0, 0.05) is 24.3 Å². The van der Waals surface area contributed by atoms with Crippen molar-refractivity contribution in [1.29, 1.82) is 0 Å². The largest absolute Gasteiger partial charge is 0.469 e. The molecule has 1 amide bonds. The molecule has 198 valence electrons. The lowest BCUT2D eigenvalue weighted by Gasteiger charge is -2.26. The Morgan fingerprint density at radius 2 is 1.81 bits per heavy atom. The lowest BCUT2D eigenvalue weighted by atomic mass is 9.82. The fourth-order valence-electron chi connectivity index (χ4n) is 5.00. The minimum absolute atomic E-state index is 0.0258. The number of hydrogen-bond donors (Lipinski definition) is 1. The first-order chi connectivity index (χ1) is 17.7. The number of aromatic nitrogens is 2. The Hall–Kier alpha value is -3.43. The van der Waals surface area contributed by atoms with Crippen molar-refractivity contribution < 1.29 is 31.9 Å². The lowest BCUT2D eigenvalue weighted by Crippen LogP contribution is -2.32. The normalized spacial score (nSPS) is 18.1. The number of carbonyl (C=O) groups is 2. The molecular weight excluding hydrogens is 490 g/mol. The molecule has 1 saturated carbocycles. The van der Waals surface area contributed by atoms with Gasteiger partial charge in [0.15, 0.2) is 0 Å². The molecule has 6 nitrogen and oxygen atoms in total. The highest BCUT2D eigenvalue weighted by atomic mass is 19.4. The van der Waals surface area contributed by atoms with Gasteiger partial charge >= 0.3 is 12.1 Å². The van der Waals surface area contributed by atoms with Crippen molar-refractivity contribution in [2.45, 2.75) is 44.8 Å². The molecule has 2 heterocycles. The van der Waals surface area contributed by atoms with Crippen LogP contribution in [0.1, 0.15) is 52.7 Å². The second-order valence-electron chi connectivity index (χ2n) is 9.42. The highest BCUT2D eigenvalue weighted by molar-refractivity contribution is 6.07. The van der Waals surface area contributed by atoms with E-state index in [1.807, 2.05) is 0 Å². The summed E-state index contributed by atoms with van der Waals surface area (Å²) in [6.07, 6.45) is 2.02. The predicted octanol–water partition coefficient (Wildman–Crippen LogP) is 5.32. The fourth-order valence-corrected chi connectivity index (χ4v) is 5.00. The van der Waals surface area contributed by atoms with Crippen LogP contribution in [0.2, 0.25) is 0 Å². The smallest absolute Gasteiger partial charge is 0.416 e. The summed E-state index contributed by atoms with van der Waals surface area (Å²) in [4.78, 5) is 29.4. The van der Waals surface area contributed by atoms with Crippen LogP contribution in [-0.2, 0) is 28.7 Å². The SMILES string of the molecule is COC(=O)[C@H]1CC[C@H](CNC(=O)c2cn(CCF)c3nccc(Cc4ccc(C(F)(F)F)cc4)c23)CC1. The molecule has 1 aromatic carbocycles. The van der Waals surface area contributed by atoms with Crippen LogP contribution in [-0.4, -0.2) is 41.8 Å². The summed E-state index contributed by atoms with van der Waals surface area (Å²) in [6, 6.07) is 6.62. The van der Waals surface area contributed by atoms with Crippen LogP contribution in [0.25, 0.3) is 11.0 Å². The summed E-state index contributed by atoms with van der Waals surface area (Å²) < 4.78 is 58.5. The molecular formula is C27H29F4N3O3. The van der Waals surface area contributed by atoms with Crippen molar-refractivity contribution in [3.05, 3.63) is 65.0 Å². The zero-order chi connectivity index (χ0) is 26.6. The number of benzene rings is 1. The molecule has 1 aliphatic carbocycles. The van der Waals surface area contributed by atoms with E-state index in [-0.39, 0.29) is 36.7 Å². The molecule has 4 rings (SSSR count). The van der Waals surface area contributed by atoms with E-state index >= 15 is 0 Å². The van der Waals surface area contributed by atoms with Gasteiger partial charge in [-0.2, -0.15) is 13.2 Å². The van der Waals surface area contributed by atoms with E-state index in [2.05, 4.69) is 10.3 Å². The average Bonchev–Trinajstić information content (AvgIpc) is 3.26. The minimum Gasteiger partial charge on any atom is -0.469 e. The van der Waals surface area contributed by atoms with Gasteiger partial charge in [-0.1, -0.05) is 12.1 Å². The van der Waals surface area contributed by atoms with Gasteiger partial charge in [0.05, 0.1) is 30.7 Å². The fraction of sp³-hybridized carbons (Fsp3) is 0.444. The van der Waals surface area contributed by atoms with Crippen molar-refractivity contribution in [1.82, 2.24) is 14.9 Å².